The zero-order valence-electron chi connectivity index (χ0n) is 11.6. The molecule has 1 saturated carbocycles. The number of hydrogen-bond acceptors (Lipinski definition) is 1. The molecule has 0 bridgehead atoms. The summed E-state index contributed by atoms with van der Waals surface area (Å²) in [6.07, 6.45) is 7.46. The van der Waals surface area contributed by atoms with Crippen LogP contribution in [0.25, 0.3) is 0 Å². The lowest BCUT2D eigenvalue weighted by Gasteiger charge is -2.42. The standard InChI is InChI=1S/C14H25BN2/c1-14(15)8-4-5-12-11(6-9-14)7-10-17(3)13(12)16-2/h11-12H,4-10H2,1-3H3. The molecule has 2 aliphatic rings. The average Bonchev–Trinajstić information content (AvgIpc) is 2.26. The largest absolute Gasteiger partial charge is 0.363 e. The summed E-state index contributed by atoms with van der Waals surface area (Å²) in [5, 5.41) is 0.0673. The smallest absolute Gasteiger partial charge is 0.102 e. The van der Waals surface area contributed by atoms with E-state index < -0.39 is 0 Å². The Kier molecular flexibility index (Phi) is 3.84. The zero-order valence-corrected chi connectivity index (χ0v) is 11.6. The highest BCUT2D eigenvalue weighted by atomic mass is 15.2. The van der Waals surface area contributed by atoms with Crippen molar-refractivity contribution in [3.05, 3.63) is 0 Å². The Morgan fingerprint density at radius 1 is 1.29 bits per heavy atom. The molecule has 1 aliphatic carbocycles. The van der Waals surface area contributed by atoms with E-state index in [1.54, 1.807) is 0 Å². The van der Waals surface area contributed by atoms with Gasteiger partial charge in [-0.05, 0) is 25.2 Å². The Morgan fingerprint density at radius 2 is 2.06 bits per heavy atom. The molecule has 3 unspecified atom stereocenters. The van der Waals surface area contributed by atoms with Crippen LogP contribution in [0.1, 0.15) is 45.4 Å². The molecule has 1 aliphatic heterocycles. The molecule has 2 radical (unpaired) electrons. The molecule has 0 amide bonds. The monoisotopic (exact) mass is 232 g/mol. The number of likely N-dealkylation sites (tertiary alicyclic amines) is 1. The molecular formula is C14H25BN2. The average molecular weight is 232 g/mol. The second kappa shape index (κ2) is 5.03. The van der Waals surface area contributed by atoms with E-state index >= 15 is 0 Å². The molecule has 0 aromatic rings. The predicted molar refractivity (Wildman–Crippen MR) is 74.8 cm³/mol. The van der Waals surface area contributed by atoms with Crippen molar-refractivity contribution >= 4 is 13.7 Å². The van der Waals surface area contributed by atoms with Gasteiger partial charge in [0.15, 0.2) is 0 Å². The number of aliphatic imine (C=N–C) groups is 1. The maximum atomic E-state index is 6.32. The van der Waals surface area contributed by atoms with Gasteiger partial charge in [0.05, 0.1) is 7.85 Å². The summed E-state index contributed by atoms with van der Waals surface area (Å²) < 4.78 is 0. The first-order valence-electron chi connectivity index (χ1n) is 7.00. The van der Waals surface area contributed by atoms with Gasteiger partial charge in [0, 0.05) is 26.6 Å². The van der Waals surface area contributed by atoms with Gasteiger partial charge < -0.3 is 4.90 Å². The van der Waals surface area contributed by atoms with Gasteiger partial charge in [0.2, 0.25) is 0 Å². The number of fused-ring (bicyclic) bond motifs is 1. The Labute approximate surface area is 107 Å². The summed E-state index contributed by atoms with van der Waals surface area (Å²) in [5.74, 6) is 2.84. The predicted octanol–water partition coefficient (Wildman–Crippen LogP) is 2.89. The highest BCUT2D eigenvalue weighted by molar-refractivity contribution is 6.14. The SMILES string of the molecule is [B]C1(C)CCCC2C(=NC)N(C)CCC2CC1. The van der Waals surface area contributed by atoms with Crippen LogP contribution < -0.4 is 0 Å². The van der Waals surface area contributed by atoms with Crippen molar-refractivity contribution in [1.29, 1.82) is 0 Å². The minimum absolute atomic E-state index is 0.0673. The van der Waals surface area contributed by atoms with Crippen LogP contribution in [0, 0.1) is 11.8 Å². The summed E-state index contributed by atoms with van der Waals surface area (Å²) in [7, 11) is 10.5. The summed E-state index contributed by atoms with van der Waals surface area (Å²) in [4.78, 5) is 6.88. The van der Waals surface area contributed by atoms with Gasteiger partial charge in [-0.15, -0.1) is 0 Å². The van der Waals surface area contributed by atoms with Crippen LogP contribution in [0.5, 0.6) is 0 Å². The highest BCUT2D eigenvalue weighted by Crippen LogP contribution is 2.43. The quantitative estimate of drug-likeness (QED) is 0.586. The lowest BCUT2D eigenvalue weighted by molar-refractivity contribution is 0.220. The van der Waals surface area contributed by atoms with E-state index in [1.165, 1.54) is 37.9 Å². The summed E-state index contributed by atoms with van der Waals surface area (Å²) in [6.45, 7) is 3.38. The van der Waals surface area contributed by atoms with Crippen molar-refractivity contribution in [2.45, 2.75) is 50.8 Å². The third kappa shape index (κ3) is 2.86. The van der Waals surface area contributed by atoms with Crippen LogP contribution in [0.4, 0.5) is 0 Å². The van der Waals surface area contributed by atoms with Crippen LogP contribution >= 0.6 is 0 Å². The van der Waals surface area contributed by atoms with E-state index in [1.807, 2.05) is 7.05 Å². The molecule has 0 N–H and O–H groups in total. The number of nitrogens with zero attached hydrogens (tertiary/aromatic N) is 2. The van der Waals surface area contributed by atoms with Crippen LogP contribution in [-0.2, 0) is 0 Å². The van der Waals surface area contributed by atoms with Crippen molar-refractivity contribution < 1.29 is 0 Å². The minimum atomic E-state index is 0.0673. The Morgan fingerprint density at radius 3 is 2.76 bits per heavy atom. The van der Waals surface area contributed by atoms with Gasteiger partial charge in [-0.2, -0.15) is 0 Å². The molecule has 1 heterocycles. The van der Waals surface area contributed by atoms with E-state index in [9.17, 15) is 0 Å². The Bertz CT molecular complexity index is 299. The maximum absolute atomic E-state index is 6.32. The first-order chi connectivity index (χ1) is 8.03. The molecule has 2 fully saturated rings. The fraction of sp³-hybridized carbons (Fsp3) is 0.929. The summed E-state index contributed by atoms with van der Waals surface area (Å²) in [5.41, 5.74) is 0. The molecule has 1 saturated heterocycles. The Hall–Kier alpha value is -0.465. The minimum Gasteiger partial charge on any atom is -0.363 e. The van der Waals surface area contributed by atoms with Gasteiger partial charge in [-0.25, -0.2) is 0 Å². The van der Waals surface area contributed by atoms with E-state index in [2.05, 4.69) is 23.9 Å². The van der Waals surface area contributed by atoms with Crippen molar-refractivity contribution in [2.75, 3.05) is 20.6 Å². The first-order valence-corrected chi connectivity index (χ1v) is 7.00. The van der Waals surface area contributed by atoms with Crippen molar-refractivity contribution in [3.8, 4) is 0 Å². The molecule has 0 aromatic carbocycles. The van der Waals surface area contributed by atoms with E-state index in [0.29, 0.717) is 5.92 Å². The Balaban J connectivity index is 2.11. The lowest BCUT2D eigenvalue weighted by atomic mass is 9.60. The van der Waals surface area contributed by atoms with Gasteiger partial charge in [-0.3, -0.25) is 4.99 Å². The summed E-state index contributed by atoms with van der Waals surface area (Å²) >= 11 is 0. The van der Waals surface area contributed by atoms with E-state index in [4.69, 9.17) is 7.85 Å². The molecule has 2 rings (SSSR count). The van der Waals surface area contributed by atoms with Crippen molar-refractivity contribution in [1.82, 2.24) is 4.90 Å². The molecule has 2 nitrogen and oxygen atoms in total. The van der Waals surface area contributed by atoms with Gasteiger partial charge in [0.1, 0.15) is 5.84 Å². The second-order valence-corrected chi connectivity index (χ2v) is 6.24. The van der Waals surface area contributed by atoms with Crippen molar-refractivity contribution in [3.63, 3.8) is 0 Å². The fourth-order valence-electron chi connectivity index (χ4n) is 3.58. The third-order valence-electron chi connectivity index (χ3n) is 4.71. The molecule has 0 aromatic heterocycles. The molecule has 94 valence electrons. The van der Waals surface area contributed by atoms with E-state index in [0.717, 1.165) is 18.9 Å². The van der Waals surface area contributed by atoms with Gasteiger partial charge in [0.25, 0.3) is 0 Å². The molecule has 3 atom stereocenters. The molecule has 17 heavy (non-hydrogen) atoms. The number of rotatable bonds is 0. The van der Waals surface area contributed by atoms with Crippen LogP contribution in [0.2, 0.25) is 5.31 Å². The maximum Gasteiger partial charge on any atom is 0.102 e. The van der Waals surface area contributed by atoms with Gasteiger partial charge >= 0.3 is 0 Å². The topological polar surface area (TPSA) is 15.6 Å². The highest BCUT2D eigenvalue weighted by Gasteiger charge is 2.35. The number of amidine groups is 1. The van der Waals surface area contributed by atoms with Crippen LogP contribution in [0.3, 0.4) is 0 Å². The second-order valence-electron chi connectivity index (χ2n) is 6.24. The van der Waals surface area contributed by atoms with Gasteiger partial charge in [-0.1, -0.05) is 31.5 Å². The normalized spacial score (nSPS) is 41.8. The van der Waals surface area contributed by atoms with Crippen LogP contribution in [0.15, 0.2) is 4.99 Å². The number of hydrogen-bond donors (Lipinski definition) is 0. The number of piperidine rings is 1. The lowest BCUT2D eigenvalue weighted by Crippen LogP contribution is -2.44. The third-order valence-corrected chi connectivity index (χ3v) is 4.71. The summed E-state index contributed by atoms with van der Waals surface area (Å²) in [6, 6.07) is 0. The fourth-order valence-corrected chi connectivity index (χ4v) is 3.58. The molecular weight excluding hydrogens is 207 g/mol. The van der Waals surface area contributed by atoms with E-state index in [-0.39, 0.29) is 5.31 Å². The van der Waals surface area contributed by atoms with Crippen LogP contribution in [-0.4, -0.2) is 39.2 Å². The molecule has 0 spiro atoms. The van der Waals surface area contributed by atoms with Crippen molar-refractivity contribution in [2.24, 2.45) is 16.8 Å². The zero-order chi connectivity index (χ0) is 12.5. The first kappa shape index (κ1) is 13.0. The molecule has 3 heteroatoms.